The molecule has 2 unspecified atom stereocenters. The Bertz CT molecular complexity index is 422. The van der Waals surface area contributed by atoms with E-state index in [0.29, 0.717) is 11.8 Å². The van der Waals surface area contributed by atoms with Crippen molar-refractivity contribution in [2.75, 3.05) is 7.11 Å². The fourth-order valence-electron chi connectivity index (χ4n) is 2.22. The average Bonchev–Trinajstić information content (AvgIpc) is 2.41. The van der Waals surface area contributed by atoms with Crippen LogP contribution in [0.4, 0.5) is 0 Å². The Kier molecular flexibility index (Phi) is 4.12. The highest BCUT2D eigenvalue weighted by atomic mass is 16.5. The van der Waals surface area contributed by atoms with E-state index in [2.05, 4.69) is 21.6 Å². The fourth-order valence-corrected chi connectivity index (χ4v) is 2.22. The fraction of sp³-hybridized carbons (Fsp3) is 0.615. The number of ether oxygens (including phenoxy) is 2. The van der Waals surface area contributed by atoms with Gasteiger partial charge in [-0.25, -0.2) is 9.78 Å². The number of esters is 1. The third-order valence-corrected chi connectivity index (χ3v) is 3.31. The van der Waals surface area contributed by atoms with Gasteiger partial charge in [0.05, 0.1) is 19.5 Å². The number of aromatic nitrogens is 2. The SMILES string of the molecule is COC(=O)c1cncc(OC2CCCCC2C)n1. The van der Waals surface area contributed by atoms with Crippen LogP contribution < -0.4 is 4.74 Å². The lowest BCUT2D eigenvalue weighted by molar-refractivity contribution is 0.0587. The van der Waals surface area contributed by atoms with Crippen molar-refractivity contribution in [1.82, 2.24) is 9.97 Å². The highest BCUT2D eigenvalue weighted by Crippen LogP contribution is 2.27. The van der Waals surface area contributed by atoms with Crippen LogP contribution in [-0.4, -0.2) is 29.2 Å². The van der Waals surface area contributed by atoms with E-state index in [9.17, 15) is 4.79 Å². The average molecular weight is 250 g/mol. The molecular formula is C13H18N2O3. The molecule has 0 spiro atoms. The van der Waals surface area contributed by atoms with Gasteiger partial charge < -0.3 is 9.47 Å². The van der Waals surface area contributed by atoms with Crippen LogP contribution >= 0.6 is 0 Å². The molecule has 18 heavy (non-hydrogen) atoms. The number of carbonyl (C=O) groups is 1. The highest BCUT2D eigenvalue weighted by molar-refractivity contribution is 5.86. The molecular weight excluding hydrogens is 232 g/mol. The largest absolute Gasteiger partial charge is 0.473 e. The van der Waals surface area contributed by atoms with Crippen LogP contribution in [0.3, 0.4) is 0 Å². The Labute approximate surface area is 107 Å². The van der Waals surface area contributed by atoms with Gasteiger partial charge in [-0.3, -0.25) is 4.98 Å². The van der Waals surface area contributed by atoms with E-state index in [1.807, 2.05) is 0 Å². The van der Waals surface area contributed by atoms with Crippen LogP contribution in [-0.2, 0) is 4.74 Å². The summed E-state index contributed by atoms with van der Waals surface area (Å²) < 4.78 is 10.4. The summed E-state index contributed by atoms with van der Waals surface area (Å²) in [5.41, 5.74) is 0.179. The summed E-state index contributed by atoms with van der Waals surface area (Å²) in [6.45, 7) is 2.18. The van der Waals surface area contributed by atoms with Crippen molar-refractivity contribution in [3.63, 3.8) is 0 Å². The van der Waals surface area contributed by atoms with Gasteiger partial charge in [0.1, 0.15) is 6.10 Å². The summed E-state index contributed by atoms with van der Waals surface area (Å²) in [6, 6.07) is 0. The summed E-state index contributed by atoms with van der Waals surface area (Å²) in [5, 5.41) is 0. The third kappa shape index (κ3) is 2.97. The second-order valence-corrected chi connectivity index (χ2v) is 4.65. The minimum atomic E-state index is -0.496. The summed E-state index contributed by atoms with van der Waals surface area (Å²) in [6.07, 6.45) is 7.73. The first-order valence-electron chi connectivity index (χ1n) is 6.27. The van der Waals surface area contributed by atoms with Crippen LogP contribution in [0, 0.1) is 5.92 Å². The van der Waals surface area contributed by atoms with Gasteiger partial charge in [0, 0.05) is 0 Å². The molecule has 5 heteroatoms. The molecule has 1 saturated carbocycles. The minimum Gasteiger partial charge on any atom is -0.473 e. The van der Waals surface area contributed by atoms with Gasteiger partial charge in [-0.05, 0) is 25.2 Å². The van der Waals surface area contributed by atoms with Crippen molar-refractivity contribution in [2.24, 2.45) is 5.92 Å². The van der Waals surface area contributed by atoms with E-state index in [4.69, 9.17) is 4.74 Å². The van der Waals surface area contributed by atoms with E-state index in [-0.39, 0.29) is 11.8 Å². The second kappa shape index (κ2) is 5.80. The van der Waals surface area contributed by atoms with Gasteiger partial charge in [0.15, 0.2) is 5.69 Å². The second-order valence-electron chi connectivity index (χ2n) is 4.65. The predicted octanol–water partition coefficient (Wildman–Crippen LogP) is 2.22. The Morgan fingerprint density at radius 3 is 2.83 bits per heavy atom. The molecule has 1 aromatic heterocycles. The van der Waals surface area contributed by atoms with Crippen LogP contribution in [0.1, 0.15) is 43.1 Å². The molecule has 0 amide bonds. The molecule has 2 atom stereocenters. The van der Waals surface area contributed by atoms with Crippen molar-refractivity contribution in [1.29, 1.82) is 0 Å². The lowest BCUT2D eigenvalue weighted by Crippen LogP contribution is -2.28. The van der Waals surface area contributed by atoms with E-state index >= 15 is 0 Å². The summed E-state index contributed by atoms with van der Waals surface area (Å²) in [5.74, 6) is 0.420. The van der Waals surface area contributed by atoms with Crippen molar-refractivity contribution in [2.45, 2.75) is 38.7 Å². The number of hydrogen-bond acceptors (Lipinski definition) is 5. The molecule has 2 rings (SSSR count). The molecule has 0 saturated heterocycles. The normalized spacial score (nSPS) is 23.4. The number of rotatable bonds is 3. The summed E-state index contributed by atoms with van der Waals surface area (Å²) >= 11 is 0. The summed E-state index contributed by atoms with van der Waals surface area (Å²) in [4.78, 5) is 19.4. The molecule has 1 heterocycles. The van der Waals surface area contributed by atoms with E-state index in [1.165, 1.54) is 38.8 Å². The maximum absolute atomic E-state index is 11.3. The standard InChI is InChI=1S/C13H18N2O3/c1-9-5-3-4-6-11(9)18-12-8-14-7-10(15-12)13(16)17-2/h7-9,11H,3-6H2,1-2H3. The van der Waals surface area contributed by atoms with Crippen molar-refractivity contribution >= 4 is 5.97 Å². The maximum Gasteiger partial charge on any atom is 0.358 e. The van der Waals surface area contributed by atoms with Crippen molar-refractivity contribution in [3.8, 4) is 5.88 Å². The van der Waals surface area contributed by atoms with Gasteiger partial charge in [-0.2, -0.15) is 0 Å². The van der Waals surface area contributed by atoms with E-state index < -0.39 is 5.97 Å². The molecule has 1 aromatic rings. The monoisotopic (exact) mass is 250 g/mol. The maximum atomic E-state index is 11.3. The Hall–Kier alpha value is -1.65. The molecule has 1 fully saturated rings. The molecule has 98 valence electrons. The number of nitrogens with zero attached hydrogens (tertiary/aromatic N) is 2. The molecule has 0 bridgehead atoms. The van der Waals surface area contributed by atoms with Crippen LogP contribution in [0.25, 0.3) is 0 Å². The topological polar surface area (TPSA) is 61.3 Å². The highest BCUT2D eigenvalue weighted by Gasteiger charge is 2.23. The van der Waals surface area contributed by atoms with Gasteiger partial charge in [0.2, 0.25) is 5.88 Å². The third-order valence-electron chi connectivity index (χ3n) is 3.31. The van der Waals surface area contributed by atoms with Gasteiger partial charge in [0.25, 0.3) is 0 Å². The number of methoxy groups -OCH3 is 1. The van der Waals surface area contributed by atoms with Crippen LogP contribution in [0.15, 0.2) is 12.4 Å². The van der Waals surface area contributed by atoms with E-state index in [1.54, 1.807) is 0 Å². The molecule has 5 nitrogen and oxygen atoms in total. The van der Waals surface area contributed by atoms with Crippen LogP contribution in [0.5, 0.6) is 5.88 Å². The first-order valence-corrected chi connectivity index (χ1v) is 6.27. The Morgan fingerprint density at radius 2 is 2.11 bits per heavy atom. The zero-order valence-electron chi connectivity index (χ0n) is 10.8. The molecule has 1 aliphatic rings. The minimum absolute atomic E-state index is 0.168. The zero-order chi connectivity index (χ0) is 13.0. The lowest BCUT2D eigenvalue weighted by atomic mass is 9.88. The Morgan fingerprint density at radius 1 is 1.33 bits per heavy atom. The number of hydrogen-bond donors (Lipinski definition) is 0. The molecule has 1 aliphatic carbocycles. The molecule has 0 aromatic carbocycles. The lowest BCUT2D eigenvalue weighted by Gasteiger charge is -2.28. The summed E-state index contributed by atoms with van der Waals surface area (Å²) in [7, 11) is 1.32. The molecule has 0 N–H and O–H groups in total. The Balaban J connectivity index is 2.06. The smallest absolute Gasteiger partial charge is 0.358 e. The number of carbonyl (C=O) groups excluding carboxylic acids is 1. The zero-order valence-corrected chi connectivity index (χ0v) is 10.8. The van der Waals surface area contributed by atoms with Crippen LogP contribution in [0.2, 0.25) is 0 Å². The first-order chi connectivity index (χ1) is 8.70. The quantitative estimate of drug-likeness (QED) is 0.770. The van der Waals surface area contributed by atoms with Crippen molar-refractivity contribution < 1.29 is 14.3 Å². The van der Waals surface area contributed by atoms with E-state index in [0.717, 1.165) is 6.42 Å². The van der Waals surface area contributed by atoms with Gasteiger partial charge in [-0.1, -0.05) is 13.3 Å². The van der Waals surface area contributed by atoms with Gasteiger partial charge in [-0.15, -0.1) is 0 Å². The first kappa shape index (κ1) is 12.8. The van der Waals surface area contributed by atoms with Gasteiger partial charge >= 0.3 is 5.97 Å². The molecule has 0 aliphatic heterocycles. The van der Waals surface area contributed by atoms with Crippen molar-refractivity contribution in [3.05, 3.63) is 18.1 Å². The molecule has 0 radical (unpaired) electrons. The predicted molar refractivity (Wildman–Crippen MR) is 65.4 cm³/mol.